The number of carbonyl (C=O) groups is 1. The molecule has 0 aromatic carbocycles. The Hall–Kier alpha value is -0.342. The van der Waals surface area contributed by atoms with Crippen LogP contribution in [0.3, 0.4) is 0 Å². The summed E-state index contributed by atoms with van der Waals surface area (Å²) in [5.41, 5.74) is 0. The van der Waals surface area contributed by atoms with Crippen molar-refractivity contribution in [3.63, 3.8) is 0 Å². The van der Waals surface area contributed by atoms with Gasteiger partial charge in [0, 0.05) is 7.11 Å². The topological polar surface area (TPSA) is 77.8 Å². The molecule has 0 saturated carbocycles. The molecule has 0 N–H and O–H groups in total. The van der Waals surface area contributed by atoms with Crippen LogP contribution in [0.25, 0.3) is 0 Å². The van der Waals surface area contributed by atoms with E-state index in [0.29, 0.717) is 45.9 Å². The third-order valence-electron chi connectivity index (χ3n) is 3.34. The van der Waals surface area contributed by atoms with Gasteiger partial charge in [0.05, 0.1) is 6.61 Å². The van der Waals surface area contributed by atoms with Crippen LogP contribution in [0.15, 0.2) is 0 Å². The van der Waals surface area contributed by atoms with Crippen LogP contribution in [0.5, 0.6) is 0 Å². The molecule has 1 atom stereocenters. The van der Waals surface area contributed by atoms with Gasteiger partial charge in [0.25, 0.3) is 0 Å². The predicted molar refractivity (Wildman–Crippen MR) is 85.2 cm³/mol. The van der Waals surface area contributed by atoms with Crippen LogP contribution in [0.2, 0.25) is 13.1 Å². The molecule has 1 unspecified atom stereocenters. The Morgan fingerprint density at radius 2 is 1.64 bits per heavy atom. The number of esters is 1. The maximum absolute atomic E-state index is 11.6. The van der Waals surface area contributed by atoms with Crippen molar-refractivity contribution in [2.45, 2.75) is 32.9 Å². The Labute approximate surface area is 141 Å². The van der Waals surface area contributed by atoms with E-state index in [2.05, 4.69) is 15.8 Å². The van der Waals surface area contributed by atoms with Crippen LogP contribution < -0.4 is 0 Å². The number of nitriles is 1. The first-order valence-corrected chi connectivity index (χ1v) is 13.7. The van der Waals surface area contributed by atoms with Gasteiger partial charge in [0.2, 0.25) is 0 Å². The number of rotatable bonds is 13. The van der Waals surface area contributed by atoms with Crippen molar-refractivity contribution in [3.8, 4) is 6.07 Å². The number of ether oxygens (including phenoxy) is 4. The van der Waals surface area contributed by atoms with Crippen LogP contribution in [0.4, 0.5) is 0 Å². The third-order valence-corrected chi connectivity index (χ3v) is 9.90. The molecule has 0 rings (SSSR count). The molecule has 0 fully saturated rings. The van der Waals surface area contributed by atoms with Crippen molar-refractivity contribution in [1.82, 2.24) is 0 Å². The van der Waals surface area contributed by atoms with Crippen molar-refractivity contribution in [1.29, 1.82) is 5.26 Å². The summed E-state index contributed by atoms with van der Waals surface area (Å²) in [5, 5.41) is 9.22. The second-order valence-corrected chi connectivity index (χ2v) is 13.1. The first-order valence-electron chi connectivity index (χ1n) is 7.35. The van der Waals surface area contributed by atoms with Crippen LogP contribution in [0, 0.1) is 11.3 Å². The molecular formula is C15H28NO5Sb. The predicted octanol–water partition coefficient (Wildman–Crippen LogP) is 2.03. The summed E-state index contributed by atoms with van der Waals surface area (Å²) in [7, 11) is 1.62. The molecule has 0 aromatic rings. The standard InChI is InChI=1S/C13H22NO5.2CH3.Sb/c1-12(11-14)3-4-13(15)19-10-9-18-8-7-17-6-5-16-2;;;/h3-10H2,1-2H3;2*1H3;. The summed E-state index contributed by atoms with van der Waals surface area (Å²) in [5.74, 6) is -0.260. The van der Waals surface area contributed by atoms with E-state index in [1.54, 1.807) is 7.11 Å². The van der Waals surface area contributed by atoms with Gasteiger partial charge in [-0.3, -0.25) is 0 Å². The first-order chi connectivity index (χ1) is 10.5. The van der Waals surface area contributed by atoms with Crippen LogP contribution >= 0.6 is 0 Å². The summed E-state index contributed by atoms with van der Waals surface area (Å²) in [6.07, 6.45) is 0.888. The quantitative estimate of drug-likeness (QED) is 0.256. The fraction of sp³-hybridized carbons (Fsp3) is 0.867. The molecule has 0 aliphatic carbocycles. The van der Waals surface area contributed by atoms with E-state index in [9.17, 15) is 10.1 Å². The van der Waals surface area contributed by atoms with Crippen LogP contribution in [-0.4, -0.2) is 72.9 Å². The second-order valence-electron chi connectivity index (χ2n) is 5.22. The van der Waals surface area contributed by atoms with Crippen LogP contribution in [0.1, 0.15) is 19.8 Å². The van der Waals surface area contributed by atoms with Gasteiger partial charge in [-0.05, 0) is 0 Å². The molecule has 0 saturated heterocycles. The van der Waals surface area contributed by atoms with Gasteiger partial charge < -0.3 is 4.74 Å². The zero-order valence-corrected chi connectivity index (χ0v) is 16.6. The molecule has 0 radical (unpaired) electrons. The molecule has 22 heavy (non-hydrogen) atoms. The van der Waals surface area contributed by atoms with Crippen molar-refractivity contribution >= 4 is 26.2 Å². The minimum absolute atomic E-state index is 0.239. The fourth-order valence-electron chi connectivity index (χ4n) is 1.48. The zero-order valence-electron chi connectivity index (χ0n) is 14.1. The van der Waals surface area contributed by atoms with Crippen molar-refractivity contribution < 1.29 is 23.7 Å². The molecule has 128 valence electrons. The average molecular weight is 424 g/mol. The SMILES string of the molecule is COCCOCCOCCOC(=O)CC[C](C)(C#N)[Sb]([CH3])[CH3]. The summed E-state index contributed by atoms with van der Waals surface area (Å²) >= 11 is -1.56. The Morgan fingerprint density at radius 1 is 1.09 bits per heavy atom. The molecule has 0 amide bonds. The van der Waals surface area contributed by atoms with E-state index >= 15 is 0 Å². The van der Waals surface area contributed by atoms with Crippen molar-refractivity contribution in [2.75, 3.05) is 46.8 Å². The molecule has 6 nitrogen and oxygen atoms in total. The summed E-state index contributed by atoms with van der Waals surface area (Å²) in [6.45, 7) is 4.63. The van der Waals surface area contributed by atoms with Crippen molar-refractivity contribution in [2.24, 2.45) is 0 Å². The molecule has 7 heteroatoms. The van der Waals surface area contributed by atoms with Gasteiger partial charge in [0.1, 0.15) is 0 Å². The fourth-order valence-corrected chi connectivity index (χ4v) is 3.64. The molecule has 0 aliphatic heterocycles. The van der Waals surface area contributed by atoms with Gasteiger partial charge in [-0.2, -0.15) is 0 Å². The first kappa shape index (κ1) is 21.7. The molecule has 0 aliphatic rings. The van der Waals surface area contributed by atoms with Gasteiger partial charge in [0.15, 0.2) is 0 Å². The van der Waals surface area contributed by atoms with E-state index in [-0.39, 0.29) is 15.9 Å². The van der Waals surface area contributed by atoms with Crippen LogP contribution in [-0.2, 0) is 23.7 Å². The van der Waals surface area contributed by atoms with Gasteiger partial charge in [-0.25, -0.2) is 0 Å². The average Bonchev–Trinajstić information content (AvgIpc) is 2.50. The molecule has 0 bridgehead atoms. The van der Waals surface area contributed by atoms with E-state index in [4.69, 9.17) is 18.9 Å². The Balaban J connectivity index is 3.57. The van der Waals surface area contributed by atoms with Gasteiger partial charge >= 0.3 is 122 Å². The number of nitrogens with zero attached hydrogens (tertiary/aromatic N) is 1. The summed E-state index contributed by atoms with van der Waals surface area (Å²) < 4.78 is 20.1. The Morgan fingerprint density at radius 3 is 2.14 bits per heavy atom. The van der Waals surface area contributed by atoms with Gasteiger partial charge in [-0.15, -0.1) is 0 Å². The summed E-state index contributed by atoms with van der Waals surface area (Å²) in [4.78, 5) is 16.0. The van der Waals surface area contributed by atoms with Gasteiger partial charge in [-0.1, -0.05) is 0 Å². The number of carbonyl (C=O) groups excluding carboxylic acids is 1. The number of methoxy groups -OCH3 is 1. The van der Waals surface area contributed by atoms with E-state index in [0.717, 1.165) is 0 Å². The molecule has 0 spiro atoms. The van der Waals surface area contributed by atoms with E-state index in [1.807, 2.05) is 6.92 Å². The monoisotopic (exact) mass is 423 g/mol. The minimum atomic E-state index is -1.56. The summed E-state index contributed by atoms with van der Waals surface area (Å²) in [6, 6.07) is 2.36. The number of hydrogen-bond donors (Lipinski definition) is 0. The zero-order chi connectivity index (χ0) is 16.8. The maximum atomic E-state index is 11.6. The Bertz CT molecular complexity index is 345. The third kappa shape index (κ3) is 10.4. The Kier molecular flexibility index (Phi) is 12.9. The van der Waals surface area contributed by atoms with E-state index in [1.165, 1.54) is 0 Å². The van der Waals surface area contributed by atoms with Crippen molar-refractivity contribution in [3.05, 3.63) is 0 Å². The number of hydrogen-bond acceptors (Lipinski definition) is 6. The molecular weight excluding hydrogens is 396 g/mol. The molecule has 0 heterocycles. The van der Waals surface area contributed by atoms with E-state index < -0.39 is 20.2 Å². The normalized spacial score (nSPS) is 13.6. The molecule has 0 aromatic heterocycles. The second kappa shape index (κ2) is 13.1.